The number of esters is 2. The molecule has 0 radical (unpaired) electrons. The van der Waals surface area contributed by atoms with Gasteiger partial charge in [0.25, 0.3) is 0 Å². The highest BCUT2D eigenvalue weighted by atomic mass is 16.5. The average molecular weight is 791 g/mol. The van der Waals surface area contributed by atoms with Crippen molar-refractivity contribution >= 4 is 35.8 Å². The van der Waals surface area contributed by atoms with Crippen molar-refractivity contribution < 1.29 is 89.3 Å². The van der Waals surface area contributed by atoms with Crippen LogP contribution in [0.5, 0.6) is 0 Å². The number of aliphatic hydroxyl groups is 6. The van der Waals surface area contributed by atoms with Crippen LogP contribution in [0.25, 0.3) is 0 Å². The fraction of sp³-hybridized carbons (Fsp3) is 0.514. The molecule has 2 rings (SSSR count). The summed E-state index contributed by atoms with van der Waals surface area (Å²) >= 11 is 0. The van der Waals surface area contributed by atoms with E-state index in [9.17, 15) is 28.8 Å². The first kappa shape index (κ1) is 56.8. The molecule has 0 fully saturated rings. The number of aromatic carboxylic acids is 2. The van der Waals surface area contributed by atoms with E-state index in [0.717, 1.165) is 31.7 Å². The summed E-state index contributed by atoms with van der Waals surface area (Å²) in [5, 5.41) is 82.0. The largest absolute Gasteiger partial charge is 0.481 e. The lowest BCUT2D eigenvalue weighted by Gasteiger charge is -2.16. The minimum absolute atomic E-state index is 0.0186. The Morgan fingerprint density at radius 3 is 1.02 bits per heavy atom. The third-order valence-electron chi connectivity index (χ3n) is 6.14. The van der Waals surface area contributed by atoms with Crippen LogP contribution in [0.1, 0.15) is 107 Å². The zero-order valence-corrected chi connectivity index (χ0v) is 31.8. The fourth-order valence-electron chi connectivity index (χ4n) is 2.94. The molecule has 18 heteroatoms. The predicted octanol–water partition coefficient (Wildman–Crippen LogP) is 2.56. The van der Waals surface area contributed by atoms with E-state index in [1.807, 2.05) is 0 Å². The number of methoxy groups -OCH3 is 2. The van der Waals surface area contributed by atoms with Crippen molar-refractivity contribution in [2.24, 2.45) is 5.41 Å². The Morgan fingerprint density at radius 1 is 0.491 bits per heavy atom. The maximum absolute atomic E-state index is 11.0. The zero-order valence-electron chi connectivity index (χ0n) is 31.8. The molecular weight excluding hydrogens is 732 g/mol. The topological polar surface area (TPSA) is 323 Å². The molecule has 0 heterocycles. The first-order chi connectivity index (χ1) is 25.9. The van der Waals surface area contributed by atoms with Crippen LogP contribution in [-0.2, 0) is 19.1 Å². The molecule has 0 bridgehead atoms. The van der Waals surface area contributed by atoms with Gasteiger partial charge in [-0.15, -0.1) is 0 Å². The molecule has 0 aliphatic heterocycles. The number of rotatable bonds is 17. The van der Waals surface area contributed by atoms with Gasteiger partial charge in [0.1, 0.15) is 0 Å². The van der Waals surface area contributed by atoms with Gasteiger partial charge in [0, 0.05) is 31.5 Å². The molecule has 314 valence electrons. The third kappa shape index (κ3) is 37.1. The van der Waals surface area contributed by atoms with Gasteiger partial charge >= 0.3 is 35.8 Å². The van der Waals surface area contributed by atoms with Crippen LogP contribution in [0.4, 0.5) is 0 Å². The quantitative estimate of drug-likeness (QED) is 0.0813. The molecule has 0 aliphatic carbocycles. The summed E-state index contributed by atoms with van der Waals surface area (Å²) in [6.45, 7) is 4.00. The molecule has 10 N–H and O–H groups in total. The number of aliphatic hydroxyl groups excluding tert-OH is 6. The fourth-order valence-corrected chi connectivity index (χ4v) is 2.94. The molecule has 0 atom stereocenters. The van der Waals surface area contributed by atoms with E-state index in [0.29, 0.717) is 24.0 Å². The van der Waals surface area contributed by atoms with E-state index in [1.54, 1.807) is 13.8 Å². The van der Waals surface area contributed by atoms with E-state index in [-0.39, 0.29) is 69.0 Å². The molecule has 18 nitrogen and oxygen atoms in total. The van der Waals surface area contributed by atoms with Gasteiger partial charge in [-0.05, 0) is 68.1 Å². The Bertz CT molecular complexity index is 1230. The summed E-state index contributed by atoms with van der Waals surface area (Å²) in [6, 6.07) is 11.2. The summed E-state index contributed by atoms with van der Waals surface area (Å²) in [4.78, 5) is 62.6. The molecule has 0 aromatic heterocycles. The summed E-state index contributed by atoms with van der Waals surface area (Å²) in [5.74, 6) is -4.85. The first-order valence-corrected chi connectivity index (χ1v) is 16.8. The van der Waals surface area contributed by atoms with Gasteiger partial charge in [-0.25, -0.2) is 19.2 Å². The van der Waals surface area contributed by atoms with Crippen LogP contribution in [0, 0.1) is 5.41 Å². The lowest BCUT2D eigenvalue weighted by atomic mass is 9.97. The van der Waals surface area contributed by atoms with Crippen molar-refractivity contribution in [1.29, 1.82) is 0 Å². The van der Waals surface area contributed by atoms with E-state index in [2.05, 4.69) is 9.47 Å². The van der Waals surface area contributed by atoms with Crippen molar-refractivity contribution in [2.75, 3.05) is 53.9 Å². The smallest absolute Gasteiger partial charge is 0.337 e. The average Bonchev–Trinajstić information content (AvgIpc) is 3.18. The van der Waals surface area contributed by atoms with Crippen molar-refractivity contribution in [1.82, 2.24) is 0 Å². The van der Waals surface area contributed by atoms with Crippen LogP contribution in [0.2, 0.25) is 0 Å². The highest BCUT2D eigenvalue weighted by Crippen LogP contribution is 2.10. The van der Waals surface area contributed by atoms with Crippen LogP contribution in [0.15, 0.2) is 48.5 Å². The van der Waals surface area contributed by atoms with Crippen LogP contribution >= 0.6 is 0 Å². The molecule has 0 unspecified atom stereocenters. The normalized spacial score (nSPS) is 9.56. The molecular formula is C37H58O18. The molecule has 0 saturated carbocycles. The highest BCUT2D eigenvalue weighted by molar-refractivity contribution is 5.94. The summed E-state index contributed by atoms with van der Waals surface area (Å²) in [5.41, 5.74) is 0.463. The lowest BCUT2D eigenvalue weighted by molar-refractivity contribution is -0.139. The molecule has 2 aromatic rings. The summed E-state index contributed by atoms with van der Waals surface area (Å²) in [6.07, 6.45) is 4.85. The number of benzene rings is 2. The lowest BCUT2D eigenvalue weighted by Crippen LogP contribution is -2.20. The minimum atomic E-state index is -1.13. The number of hydrogen-bond acceptors (Lipinski definition) is 14. The van der Waals surface area contributed by atoms with Gasteiger partial charge in [-0.2, -0.15) is 0 Å². The van der Waals surface area contributed by atoms with E-state index in [1.165, 1.54) is 56.7 Å². The van der Waals surface area contributed by atoms with Gasteiger partial charge in [0.05, 0.1) is 62.9 Å². The van der Waals surface area contributed by atoms with Crippen molar-refractivity contribution in [3.8, 4) is 0 Å². The van der Waals surface area contributed by atoms with Gasteiger partial charge in [-0.1, -0.05) is 32.8 Å². The molecule has 2 aromatic carbocycles. The van der Waals surface area contributed by atoms with Crippen molar-refractivity contribution in [3.63, 3.8) is 0 Å². The standard InChI is InChI=1S/C10H10O4.C8H6O4.C6H10O4.C6H14O2.C5H12O2.C2H6O2/c1-13-9(11)7-3-5-8(6-4-7)10(12)14-2;9-7(10)5-2-1-3-6(4-5)8(11)12;7-5(8)3-1-2-4-6(9)10;7-5-3-1-2-4-6-8;1-5(2,3-6)4-7;3-1-2-4/h3-6H,1-2H3;1-4H,(H,9,10)(H,11,12);1-4H2,(H,7,8)(H,9,10);7-8H,1-6H2;6-7H,3-4H2,1-2H3;3-4H,1-2H2. The Hall–Kier alpha value is -4.98. The van der Waals surface area contributed by atoms with E-state index >= 15 is 0 Å². The molecule has 0 spiro atoms. The number of hydrogen-bond donors (Lipinski definition) is 10. The monoisotopic (exact) mass is 790 g/mol. The summed E-state index contributed by atoms with van der Waals surface area (Å²) < 4.78 is 9.02. The SMILES string of the molecule is CC(C)(CO)CO.COC(=O)c1ccc(C(=O)OC)cc1.O=C(O)CCCCC(=O)O.O=C(O)c1cccc(C(=O)O)c1.OCCCCCCO.OCCO. The maximum atomic E-state index is 11.0. The molecule has 55 heavy (non-hydrogen) atoms. The number of carboxylic acid groups (broad SMARTS) is 4. The molecule has 0 amide bonds. The van der Waals surface area contributed by atoms with Crippen LogP contribution in [0.3, 0.4) is 0 Å². The van der Waals surface area contributed by atoms with Gasteiger partial charge in [0.15, 0.2) is 0 Å². The van der Waals surface area contributed by atoms with Crippen molar-refractivity contribution in [3.05, 3.63) is 70.8 Å². The van der Waals surface area contributed by atoms with Crippen LogP contribution < -0.4 is 0 Å². The number of ether oxygens (including phenoxy) is 2. The second-order valence-corrected chi connectivity index (χ2v) is 11.5. The van der Waals surface area contributed by atoms with E-state index in [4.69, 9.17) is 51.1 Å². The molecule has 0 aliphatic rings. The predicted molar refractivity (Wildman–Crippen MR) is 198 cm³/mol. The van der Waals surface area contributed by atoms with Crippen LogP contribution in [-0.4, -0.2) is 141 Å². The third-order valence-corrected chi connectivity index (χ3v) is 6.14. The summed E-state index contributed by atoms with van der Waals surface area (Å²) in [7, 11) is 2.60. The number of unbranched alkanes of at least 4 members (excludes halogenated alkanes) is 4. The highest BCUT2D eigenvalue weighted by Gasteiger charge is 2.13. The zero-order chi connectivity index (χ0) is 43.2. The second-order valence-electron chi connectivity index (χ2n) is 11.5. The Kier molecular flexibility index (Phi) is 38.5. The number of carboxylic acids is 4. The number of carbonyl (C=O) groups excluding carboxylic acids is 2. The number of aliphatic carboxylic acids is 2. The minimum Gasteiger partial charge on any atom is -0.481 e. The Labute approximate surface area is 320 Å². The van der Waals surface area contributed by atoms with E-state index < -0.39 is 35.8 Å². The Morgan fingerprint density at radius 2 is 0.818 bits per heavy atom. The second kappa shape index (κ2) is 37.3. The number of carbonyl (C=O) groups is 6. The maximum Gasteiger partial charge on any atom is 0.337 e. The van der Waals surface area contributed by atoms with Gasteiger partial charge in [-0.3, -0.25) is 9.59 Å². The Balaban J connectivity index is -0.000000294. The van der Waals surface area contributed by atoms with Gasteiger partial charge < -0.3 is 60.5 Å². The molecule has 0 saturated heterocycles. The van der Waals surface area contributed by atoms with Gasteiger partial charge in [0.2, 0.25) is 0 Å². The first-order valence-electron chi connectivity index (χ1n) is 16.8. The van der Waals surface area contributed by atoms with Crippen molar-refractivity contribution in [2.45, 2.75) is 65.2 Å².